The second-order valence-corrected chi connectivity index (χ2v) is 6.23. The van der Waals surface area contributed by atoms with Crippen LogP contribution in [-0.4, -0.2) is 12.5 Å². The Morgan fingerprint density at radius 2 is 2.32 bits per heavy atom. The maximum atomic E-state index is 12.3. The highest BCUT2D eigenvalue weighted by molar-refractivity contribution is 9.10. The van der Waals surface area contributed by atoms with E-state index in [1.54, 1.807) is 0 Å². The lowest BCUT2D eigenvalue weighted by atomic mass is 9.95. The monoisotopic (exact) mass is 324 g/mol. The predicted molar refractivity (Wildman–Crippen MR) is 80.6 cm³/mol. The van der Waals surface area contributed by atoms with E-state index >= 15 is 0 Å². The third kappa shape index (κ3) is 3.57. The van der Waals surface area contributed by atoms with Gasteiger partial charge in [0.05, 0.1) is 6.04 Å². The molecule has 1 fully saturated rings. The summed E-state index contributed by atoms with van der Waals surface area (Å²) in [6.07, 6.45) is 3.17. The number of carbonyl (C=O) groups is 1. The zero-order chi connectivity index (χ0) is 13.8. The first-order chi connectivity index (χ1) is 9.11. The number of nitrogens with one attached hydrogen (secondary N) is 1. The van der Waals surface area contributed by atoms with Gasteiger partial charge in [0.1, 0.15) is 0 Å². The maximum absolute atomic E-state index is 12.3. The molecule has 0 bridgehead atoms. The first-order valence-corrected chi connectivity index (χ1v) is 7.67. The molecule has 3 N–H and O–H groups in total. The second kappa shape index (κ2) is 6.53. The number of carbonyl (C=O) groups excluding carboxylic acids is 1. The van der Waals surface area contributed by atoms with Crippen LogP contribution in [0.3, 0.4) is 0 Å². The Morgan fingerprint density at radius 1 is 1.53 bits per heavy atom. The molecule has 1 saturated carbocycles. The Kier molecular flexibility index (Phi) is 4.99. The van der Waals surface area contributed by atoms with Gasteiger partial charge >= 0.3 is 0 Å². The summed E-state index contributed by atoms with van der Waals surface area (Å²) in [4.78, 5) is 12.3. The summed E-state index contributed by atoms with van der Waals surface area (Å²) >= 11 is 3.45. The fraction of sp³-hybridized carbons (Fsp3) is 0.533. The predicted octanol–water partition coefficient (Wildman–Crippen LogP) is 3.00. The standard InChI is InChI=1S/C15H21BrN2O/c1-10(11-4-2-6-13(16)8-11)18-15(19)14-7-3-5-12(14)9-17/h2,4,6,8,10,12,14H,3,5,7,9,17H2,1H3,(H,18,19). The molecule has 1 aromatic rings. The van der Waals surface area contributed by atoms with E-state index in [0.29, 0.717) is 12.5 Å². The van der Waals surface area contributed by atoms with E-state index in [9.17, 15) is 4.79 Å². The molecule has 3 nitrogen and oxygen atoms in total. The lowest BCUT2D eigenvalue weighted by Gasteiger charge is -2.21. The van der Waals surface area contributed by atoms with Crippen molar-refractivity contribution in [2.24, 2.45) is 17.6 Å². The third-order valence-electron chi connectivity index (χ3n) is 4.01. The number of hydrogen-bond donors (Lipinski definition) is 2. The van der Waals surface area contributed by atoms with Crippen molar-refractivity contribution in [1.82, 2.24) is 5.32 Å². The Hall–Kier alpha value is -0.870. The van der Waals surface area contributed by atoms with E-state index in [-0.39, 0.29) is 17.9 Å². The number of amides is 1. The van der Waals surface area contributed by atoms with Crippen molar-refractivity contribution in [2.75, 3.05) is 6.54 Å². The molecule has 0 aliphatic heterocycles. The molecular weight excluding hydrogens is 304 g/mol. The lowest BCUT2D eigenvalue weighted by molar-refractivity contribution is -0.126. The normalized spacial score (nSPS) is 24.2. The fourth-order valence-electron chi connectivity index (χ4n) is 2.84. The topological polar surface area (TPSA) is 55.1 Å². The molecule has 2 rings (SSSR count). The van der Waals surface area contributed by atoms with Crippen LogP contribution in [0.5, 0.6) is 0 Å². The average Bonchev–Trinajstić information content (AvgIpc) is 2.87. The summed E-state index contributed by atoms with van der Waals surface area (Å²) in [5.74, 6) is 0.606. The van der Waals surface area contributed by atoms with Crippen molar-refractivity contribution in [1.29, 1.82) is 0 Å². The minimum Gasteiger partial charge on any atom is -0.349 e. The molecule has 1 amide bonds. The van der Waals surface area contributed by atoms with Crippen LogP contribution in [0, 0.1) is 11.8 Å². The van der Waals surface area contributed by atoms with Gasteiger partial charge in [0.15, 0.2) is 0 Å². The minimum atomic E-state index is 0.0315. The molecule has 0 aromatic heterocycles. The Bertz CT molecular complexity index is 450. The summed E-state index contributed by atoms with van der Waals surface area (Å²) in [6.45, 7) is 2.63. The molecule has 104 valence electrons. The van der Waals surface area contributed by atoms with Crippen molar-refractivity contribution < 1.29 is 4.79 Å². The van der Waals surface area contributed by atoms with Gasteiger partial charge in [-0.3, -0.25) is 4.79 Å². The molecule has 1 aliphatic rings. The molecule has 4 heteroatoms. The summed E-state index contributed by atoms with van der Waals surface area (Å²) in [5, 5.41) is 3.11. The van der Waals surface area contributed by atoms with E-state index < -0.39 is 0 Å². The van der Waals surface area contributed by atoms with E-state index in [2.05, 4.69) is 21.2 Å². The fourth-order valence-corrected chi connectivity index (χ4v) is 3.26. The van der Waals surface area contributed by atoms with E-state index in [0.717, 1.165) is 29.3 Å². The molecule has 0 saturated heterocycles. The van der Waals surface area contributed by atoms with Gasteiger partial charge in [-0.05, 0) is 49.9 Å². The summed E-state index contributed by atoms with van der Waals surface area (Å²) in [5.41, 5.74) is 6.85. The molecule has 1 aromatic carbocycles. The van der Waals surface area contributed by atoms with Crippen LogP contribution < -0.4 is 11.1 Å². The highest BCUT2D eigenvalue weighted by atomic mass is 79.9. The van der Waals surface area contributed by atoms with Crippen LogP contribution >= 0.6 is 15.9 Å². The van der Waals surface area contributed by atoms with Crippen molar-refractivity contribution >= 4 is 21.8 Å². The number of rotatable bonds is 4. The zero-order valence-corrected chi connectivity index (χ0v) is 12.8. The van der Waals surface area contributed by atoms with Crippen molar-refractivity contribution in [2.45, 2.75) is 32.2 Å². The van der Waals surface area contributed by atoms with Crippen LogP contribution in [0.25, 0.3) is 0 Å². The number of benzene rings is 1. The summed E-state index contributed by atoms with van der Waals surface area (Å²) in [7, 11) is 0. The van der Waals surface area contributed by atoms with Crippen LogP contribution in [0.4, 0.5) is 0 Å². The Morgan fingerprint density at radius 3 is 3.00 bits per heavy atom. The van der Waals surface area contributed by atoms with Gasteiger partial charge in [-0.25, -0.2) is 0 Å². The van der Waals surface area contributed by atoms with E-state index in [4.69, 9.17) is 5.73 Å². The summed E-state index contributed by atoms with van der Waals surface area (Å²) in [6, 6.07) is 8.08. The molecule has 0 radical (unpaired) electrons. The second-order valence-electron chi connectivity index (χ2n) is 5.32. The van der Waals surface area contributed by atoms with Crippen LogP contribution in [0.15, 0.2) is 28.7 Å². The van der Waals surface area contributed by atoms with Gasteiger partial charge < -0.3 is 11.1 Å². The Balaban J connectivity index is 1.98. The zero-order valence-electron chi connectivity index (χ0n) is 11.2. The van der Waals surface area contributed by atoms with E-state index in [1.165, 1.54) is 0 Å². The van der Waals surface area contributed by atoms with Gasteiger partial charge in [0.25, 0.3) is 0 Å². The van der Waals surface area contributed by atoms with Crippen molar-refractivity contribution in [3.05, 3.63) is 34.3 Å². The number of halogens is 1. The van der Waals surface area contributed by atoms with Gasteiger partial charge in [-0.15, -0.1) is 0 Å². The lowest BCUT2D eigenvalue weighted by Crippen LogP contribution is -2.36. The average molecular weight is 325 g/mol. The van der Waals surface area contributed by atoms with Gasteiger partial charge in [0.2, 0.25) is 5.91 Å². The van der Waals surface area contributed by atoms with Crippen LogP contribution in [-0.2, 0) is 4.79 Å². The molecule has 19 heavy (non-hydrogen) atoms. The van der Waals surface area contributed by atoms with E-state index in [1.807, 2.05) is 31.2 Å². The molecule has 3 atom stereocenters. The quantitative estimate of drug-likeness (QED) is 0.894. The maximum Gasteiger partial charge on any atom is 0.223 e. The molecule has 1 aliphatic carbocycles. The molecular formula is C15H21BrN2O. The molecule has 3 unspecified atom stereocenters. The van der Waals surface area contributed by atoms with Gasteiger partial charge in [-0.1, -0.05) is 34.5 Å². The first-order valence-electron chi connectivity index (χ1n) is 6.87. The molecule has 0 heterocycles. The highest BCUT2D eigenvalue weighted by Crippen LogP contribution is 2.31. The van der Waals surface area contributed by atoms with Crippen LogP contribution in [0.2, 0.25) is 0 Å². The first kappa shape index (κ1) is 14.5. The third-order valence-corrected chi connectivity index (χ3v) is 4.50. The highest BCUT2D eigenvalue weighted by Gasteiger charge is 2.32. The smallest absolute Gasteiger partial charge is 0.223 e. The largest absolute Gasteiger partial charge is 0.349 e. The van der Waals surface area contributed by atoms with Crippen molar-refractivity contribution in [3.63, 3.8) is 0 Å². The van der Waals surface area contributed by atoms with Crippen LogP contribution in [0.1, 0.15) is 37.8 Å². The van der Waals surface area contributed by atoms with Gasteiger partial charge in [0, 0.05) is 10.4 Å². The Labute approximate surface area is 123 Å². The number of hydrogen-bond acceptors (Lipinski definition) is 2. The van der Waals surface area contributed by atoms with Crippen molar-refractivity contribution in [3.8, 4) is 0 Å². The summed E-state index contributed by atoms with van der Waals surface area (Å²) < 4.78 is 1.03. The molecule has 0 spiro atoms. The minimum absolute atomic E-state index is 0.0315. The number of nitrogens with two attached hydrogens (primary N) is 1. The SMILES string of the molecule is CC(NC(=O)C1CCCC1CN)c1cccc(Br)c1. The van der Waals surface area contributed by atoms with Gasteiger partial charge in [-0.2, -0.15) is 0 Å².